The lowest BCUT2D eigenvalue weighted by molar-refractivity contribution is 0.281. The predicted molar refractivity (Wildman–Crippen MR) is 148 cm³/mol. The minimum Gasteiger partial charge on any atom is -0.497 e. The molecule has 0 spiro atoms. The van der Waals surface area contributed by atoms with Crippen LogP contribution in [0.25, 0.3) is 10.9 Å². The second-order valence-corrected chi connectivity index (χ2v) is 8.62. The Morgan fingerprint density at radius 1 is 1.06 bits per heavy atom. The van der Waals surface area contributed by atoms with Gasteiger partial charge in [0.1, 0.15) is 11.5 Å². The zero-order chi connectivity index (χ0) is 25.2. The SMILES string of the molecule is CCOc1ccccc1NC(=S)N(CCCN(CC)CC)Cc1cc2cc(OC)ccc2[nH]c1=O. The van der Waals surface area contributed by atoms with Crippen LogP contribution < -0.4 is 20.3 Å². The van der Waals surface area contributed by atoms with Gasteiger partial charge in [-0.05, 0) is 81.6 Å². The van der Waals surface area contributed by atoms with E-state index < -0.39 is 0 Å². The van der Waals surface area contributed by atoms with E-state index in [1.165, 1.54) is 0 Å². The van der Waals surface area contributed by atoms with Crippen molar-refractivity contribution in [1.82, 2.24) is 14.8 Å². The molecule has 0 fully saturated rings. The molecule has 0 atom stereocenters. The first kappa shape index (κ1) is 26.5. The molecule has 2 N–H and O–H groups in total. The third-order valence-corrected chi connectivity index (χ3v) is 6.36. The van der Waals surface area contributed by atoms with Crippen LogP contribution in [0.2, 0.25) is 0 Å². The van der Waals surface area contributed by atoms with Crippen molar-refractivity contribution >= 4 is 33.9 Å². The van der Waals surface area contributed by atoms with Crippen LogP contribution in [0.3, 0.4) is 0 Å². The number of aromatic amines is 1. The highest BCUT2D eigenvalue weighted by Crippen LogP contribution is 2.25. The van der Waals surface area contributed by atoms with Gasteiger partial charge in [-0.2, -0.15) is 0 Å². The van der Waals surface area contributed by atoms with Gasteiger partial charge >= 0.3 is 0 Å². The second kappa shape index (κ2) is 13.1. The molecule has 0 saturated heterocycles. The van der Waals surface area contributed by atoms with Crippen LogP contribution >= 0.6 is 12.2 Å². The minimum atomic E-state index is -0.117. The molecule has 8 heteroatoms. The molecule has 0 bridgehead atoms. The highest BCUT2D eigenvalue weighted by molar-refractivity contribution is 7.80. The summed E-state index contributed by atoms with van der Waals surface area (Å²) in [6.45, 7) is 10.9. The van der Waals surface area contributed by atoms with Gasteiger partial charge in [0.2, 0.25) is 0 Å². The van der Waals surface area contributed by atoms with E-state index in [1.807, 2.05) is 55.5 Å². The van der Waals surface area contributed by atoms with Crippen LogP contribution in [-0.2, 0) is 6.54 Å². The average molecular weight is 497 g/mol. The number of aromatic nitrogens is 1. The fourth-order valence-corrected chi connectivity index (χ4v) is 4.27. The van der Waals surface area contributed by atoms with Crippen molar-refractivity contribution < 1.29 is 9.47 Å². The molecule has 1 aromatic heterocycles. The van der Waals surface area contributed by atoms with Crippen molar-refractivity contribution in [3.05, 3.63) is 64.4 Å². The quantitative estimate of drug-likeness (QED) is 0.347. The number of nitrogens with zero attached hydrogens (tertiary/aromatic N) is 2. The van der Waals surface area contributed by atoms with Gasteiger partial charge in [0.05, 0.1) is 25.9 Å². The Bertz CT molecular complexity index is 1180. The summed E-state index contributed by atoms with van der Waals surface area (Å²) in [5.41, 5.74) is 2.12. The number of methoxy groups -OCH3 is 1. The van der Waals surface area contributed by atoms with Crippen LogP contribution in [0.4, 0.5) is 5.69 Å². The molecule has 0 aliphatic rings. The molecule has 0 radical (unpaired) electrons. The predicted octanol–water partition coefficient (Wildman–Crippen LogP) is 4.87. The van der Waals surface area contributed by atoms with E-state index >= 15 is 0 Å². The fourth-order valence-electron chi connectivity index (χ4n) is 4.00. The largest absolute Gasteiger partial charge is 0.497 e. The molecular formula is C27H36N4O3S. The topological polar surface area (TPSA) is 69.8 Å². The van der Waals surface area contributed by atoms with Crippen molar-refractivity contribution in [2.45, 2.75) is 33.7 Å². The molecule has 35 heavy (non-hydrogen) atoms. The molecule has 0 saturated carbocycles. The van der Waals surface area contributed by atoms with Gasteiger partial charge < -0.3 is 29.6 Å². The number of fused-ring (bicyclic) bond motifs is 1. The van der Waals surface area contributed by atoms with Gasteiger partial charge in [-0.25, -0.2) is 0 Å². The van der Waals surface area contributed by atoms with Crippen LogP contribution in [-0.4, -0.2) is 59.8 Å². The summed E-state index contributed by atoms with van der Waals surface area (Å²) in [4.78, 5) is 20.3. The molecule has 3 aromatic rings. The van der Waals surface area contributed by atoms with E-state index in [2.05, 4.69) is 33.9 Å². The van der Waals surface area contributed by atoms with Crippen molar-refractivity contribution in [3.63, 3.8) is 0 Å². The first-order chi connectivity index (χ1) is 17.0. The molecule has 1 heterocycles. The normalized spacial score (nSPS) is 11.0. The molecule has 0 unspecified atom stereocenters. The third kappa shape index (κ3) is 7.19. The van der Waals surface area contributed by atoms with Crippen molar-refractivity contribution in [3.8, 4) is 11.5 Å². The highest BCUT2D eigenvalue weighted by atomic mass is 32.1. The summed E-state index contributed by atoms with van der Waals surface area (Å²) in [5.74, 6) is 1.49. The summed E-state index contributed by atoms with van der Waals surface area (Å²) in [6, 6.07) is 15.3. The number of H-pyrrole nitrogens is 1. The zero-order valence-electron chi connectivity index (χ0n) is 21.1. The molecular weight excluding hydrogens is 460 g/mol. The van der Waals surface area contributed by atoms with Crippen LogP contribution in [0.5, 0.6) is 11.5 Å². The maximum absolute atomic E-state index is 12.9. The Labute approximate surface area is 213 Å². The molecule has 0 aliphatic heterocycles. The van der Waals surface area contributed by atoms with Gasteiger partial charge in [0.25, 0.3) is 5.56 Å². The van der Waals surface area contributed by atoms with Gasteiger partial charge in [-0.15, -0.1) is 0 Å². The van der Waals surface area contributed by atoms with Crippen LogP contribution in [0.1, 0.15) is 32.8 Å². The molecule has 3 rings (SSSR count). The summed E-state index contributed by atoms with van der Waals surface area (Å²) < 4.78 is 11.1. The number of rotatable bonds is 12. The number of anilines is 1. The fraction of sp³-hybridized carbons (Fsp3) is 0.407. The lowest BCUT2D eigenvalue weighted by Crippen LogP contribution is -2.38. The van der Waals surface area contributed by atoms with Gasteiger partial charge in [0, 0.05) is 23.0 Å². The number of thiocarbonyl (C=S) groups is 1. The summed E-state index contributed by atoms with van der Waals surface area (Å²) in [7, 11) is 1.63. The monoisotopic (exact) mass is 496 g/mol. The van der Waals surface area contributed by atoms with E-state index in [9.17, 15) is 4.79 Å². The maximum Gasteiger partial charge on any atom is 0.253 e. The van der Waals surface area contributed by atoms with E-state index in [0.717, 1.165) is 54.1 Å². The molecule has 188 valence electrons. The zero-order valence-corrected chi connectivity index (χ0v) is 21.9. The van der Waals surface area contributed by atoms with Crippen molar-refractivity contribution in [1.29, 1.82) is 0 Å². The smallest absolute Gasteiger partial charge is 0.253 e. The Balaban J connectivity index is 1.86. The highest BCUT2D eigenvalue weighted by Gasteiger charge is 2.16. The lowest BCUT2D eigenvalue weighted by atomic mass is 10.1. The number of benzene rings is 2. The van der Waals surface area contributed by atoms with Crippen LogP contribution in [0.15, 0.2) is 53.3 Å². The number of ether oxygens (including phenoxy) is 2. The first-order valence-corrected chi connectivity index (χ1v) is 12.6. The van der Waals surface area contributed by atoms with Gasteiger partial charge in [-0.1, -0.05) is 26.0 Å². The first-order valence-electron chi connectivity index (χ1n) is 12.2. The van der Waals surface area contributed by atoms with E-state index in [-0.39, 0.29) is 5.56 Å². The second-order valence-electron chi connectivity index (χ2n) is 8.24. The summed E-state index contributed by atoms with van der Waals surface area (Å²) in [6.07, 6.45) is 0.927. The molecule has 0 amide bonds. The number of nitrogens with one attached hydrogen (secondary N) is 2. The Morgan fingerprint density at radius 3 is 2.54 bits per heavy atom. The van der Waals surface area contributed by atoms with Gasteiger partial charge in [0.15, 0.2) is 5.11 Å². The Hall–Kier alpha value is -3.10. The van der Waals surface area contributed by atoms with E-state index in [4.69, 9.17) is 21.7 Å². The Morgan fingerprint density at radius 2 is 1.83 bits per heavy atom. The number of hydrogen-bond donors (Lipinski definition) is 2. The summed E-state index contributed by atoms with van der Waals surface area (Å²) in [5, 5.41) is 4.82. The van der Waals surface area contributed by atoms with E-state index in [0.29, 0.717) is 30.4 Å². The van der Waals surface area contributed by atoms with Crippen molar-refractivity contribution in [2.24, 2.45) is 0 Å². The van der Waals surface area contributed by atoms with Crippen molar-refractivity contribution in [2.75, 3.05) is 45.2 Å². The molecule has 7 nitrogen and oxygen atoms in total. The number of para-hydroxylation sites is 2. The third-order valence-electron chi connectivity index (χ3n) is 6.00. The number of hydrogen-bond acceptors (Lipinski definition) is 5. The van der Waals surface area contributed by atoms with Gasteiger partial charge in [-0.3, -0.25) is 4.79 Å². The average Bonchev–Trinajstić information content (AvgIpc) is 2.87. The molecule has 2 aromatic carbocycles. The van der Waals surface area contributed by atoms with E-state index in [1.54, 1.807) is 7.11 Å². The standard InChI is InChI=1S/C27H36N4O3S/c1-5-30(6-2)15-10-16-31(27(35)29-24-11-8-9-12-25(24)34-7-3)19-21-17-20-18-22(33-4)13-14-23(20)28-26(21)32/h8-9,11-14,17-18H,5-7,10,15-16,19H2,1-4H3,(H,28,32)(H,29,35). The minimum absolute atomic E-state index is 0.117. The maximum atomic E-state index is 12.9. The lowest BCUT2D eigenvalue weighted by Gasteiger charge is -2.28. The van der Waals surface area contributed by atoms with Crippen LogP contribution in [0, 0.1) is 0 Å². The number of pyridine rings is 1. The Kier molecular flexibility index (Phi) is 9.93. The summed E-state index contributed by atoms with van der Waals surface area (Å²) >= 11 is 5.83. The molecule has 0 aliphatic carbocycles.